The third-order valence-electron chi connectivity index (χ3n) is 1.60. The average molecular weight is 187 g/mol. The lowest BCUT2D eigenvalue weighted by atomic mass is 10.2. The van der Waals surface area contributed by atoms with Crippen LogP contribution in [-0.4, -0.2) is 35.0 Å². The van der Waals surface area contributed by atoms with Gasteiger partial charge in [-0.15, -0.1) is 0 Å². The van der Waals surface area contributed by atoms with Crippen LogP contribution in [0, 0.1) is 0 Å². The third-order valence-corrected chi connectivity index (χ3v) is 1.99. The molecule has 0 aromatic carbocycles. The summed E-state index contributed by atoms with van der Waals surface area (Å²) in [6, 6.07) is -0.757. The molecule has 1 atom stereocenters. The van der Waals surface area contributed by atoms with E-state index in [4.69, 9.17) is 12.2 Å². The lowest BCUT2D eigenvalue weighted by molar-refractivity contribution is -0.306. The molecule has 0 aliphatic carbocycles. The highest BCUT2D eigenvalue weighted by Gasteiger charge is 2.32. The van der Waals surface area contributed by atoms with E-state index in [0.717, 1.165) is 0 Å². The molecule has 0 aromatic heterocycles. The summed E-state index contributed by atoms with van der Waals surface area (Å²) in [6.45, 7) is 0. The highest BCUT2D eigenvalue weighted by Crippen LogP contribution is 2.06. The van der Waals surface area contributed by atoms with Gasteiger partial charge in [-0.1, -0.05) is 0 Å². The molecule has 5 nitrogen and oxygen atoms in total. The quantitative estimate of drug-likeness (QED) is 0.499. The van der Waals surface area contributed by atoms with Gasteiger partial charge in [0.25, 0.3) is 5.91 Å². The Hall–Kier alpha value is -1.17. The topological polar surface area (TPSA) is 72.5 Å². The highest BCUT2D eigenvalue weighted by molar-refractivity contribution is 7.80. The second-order valence-corrected chi connectivity index (χ2v) is 2.86. The van der Waals surface area contributed by atoms with Gasteiger partial charge >= 0.3 is 0 Å². The predicted octanol–water partition coefficient (Wildman–Crippen LogP) is -2.16. The van der Waals surface area contributed by atoms with Crippen molar-refractivity contribution < 1.29 is 14.7 Å². The van der Waals surface area contributed by atoms with Gasteiger partial charge < -0.3 is 15.2 Å². The van der Waals surface area contributed by atoms with Gasteiger partial charge in [0.1, 0.15) is 6.04 Å². The minimum atomic E-state index is -1.26. The Labute approximate surface area is 74.3 Å². The number of likely N-dealkylation sites (N-methyl/N-ethyl adjacent to an activating group) is 1. The van der Waals surface area contributed by atoms with Crippen LogP contribution >= 0.6 is 12.2 Å². The first-order valence-corrected chi connectivity index (χ1v) is 3.71. The SMILES string of the molecule is CN1C(=O)[C@@H](CC(=O)[O-])NC1=S. The van der Waals surface area contributed by atoms with Gasteiger partial charge in [0.05, 0.1) is 0 Å². The van der Waals surface area contributed by atoms with Crippen LogP contribution in [0.2, 0.25) is 0 Å². The molecule has 0 saturated carbocycles. The molecule has 1 N–H and O–H groups in total. The summed E-state index contributed by atoms with van der Waals surface area (Å²) in [4.78, 5) is 22.5. The minimum Gasteiger partial charge on any atom is -0.550 e. The molecule has 1 fully saturated rings. The largest absolute Gasteiger partial charge is 0.550 e. The number of nitrogens with one attached hydrogen (secondary N) is 1. The Bertz CT molecular complexity index is 251. The third kappa shape index (κ3) is 1.53. The molecule has 0 aromatic rings. The van der Waals surface area contributed by atoms with Crippen molar-refractivity contribution in [1.29, 1.82) is 0 Å². The van der Waals surface area contributed by atoms with Crippen LogP contribution in [-0.2, 0) is 9.59 Å². The number of carboxylic acid groups (broad SMARTS) is 1. The van der Waals surface area contributed by atoms with E-state index in [1.54, 1.807) is 0 Å². The van der Waals surface area contributed by atoms with E-state index >= 15 is 0 Å². The smallest absolute Gasteiger partial charge is 0.251 e. The van der Waals surface area contributed by atoms with Crippen molar-refractivity contribution in [3.63, 3.8) is 0 Å². The second-order valence-electron chi connectivity index (χ2n) is 2.48. The predicted molar refractivity (Wildman–Crippen MR) is 41.9 cm³/mol. The molecular weight excluding hydrogens is 180 g/mol. The normalized spacial score (nSPS) is 22.8. The van der Waals surface area contributed by atoms with Crippen molar-refractivity contribution >= 4 is 29.2 Å². The number of hydrogen-bond donors (Lipinski definition) is 1. The van der Waals surface area contributed by atoms with E-state index in [-0.39, 0.29) is 17.4 Å². The average Bonchev–Trinajstić information content (AvgIpc) is 2.17. The van der Waals surface area contributed by atoms with E-state index in [1.807, 2.05) is 0 Å². The van der Waals surface area contributed by atoms with Crippen LogP contribution in [0.15, 0.2) is 0 Å². The van der Waals surface area contributed by atoms with Crippen LogP contribution in [0.4, 0.5) is 0 Å². The number of hydrogen-bond acceptors (Lipinski definition) is 4. The fourth-order valence-electron chi connectivity index (χ4n) is 0.946. The van der Waals surface area contributed by atoms with E-state index in [0.29, 0.717) is 0 Å². The Morgan fingerprint density at radius 2 is 2.42 bits per heavy atom. The van der Waals surface area contributed by atoms with Crippen molar-refractivity contribution in [1.82, 2.24) is 10.2 Å². The maximum absolute atomic E-state index is 11.1. The van der Waals surface area contributed by atoms with E-state index < -0.39 is 12.0 Å². The second kappa shape index (κ2) is 3.06. The maximum Gasteiger partial charge on any atom is 0.251 e. The number of rotatable bonds is 2. The van der Waals surface area contributed by atoms with Crippen LogP contribution in [0.1, 0.15) is 6.42 Å². The zero-order chi connectivity index (χ0) is 9.30. The van der Waals surface area contributed by atoms with Crippen LogP contribution in [0.25, 0.3) is 0 Å². The molecule has 1 saturated heterocycles. The lowest BCUT2D eigenvalue weighted by Crippen LogP contribution is -2.36. The lowest BCUT2D eigenvalue weighted by Gasteiger charge is -2.07. The van der Waals surface area contributed by atoms with Crippen LogP contribution < -0.4 is 10.4 Å². The molecule has 1 heterocycles. The molecule has 0 spiro atoms. The Kier molecular flexibility index (Phi) is 2.27. The molecule has 0 unspecified atom stereocenters. The van der Waals surface area contributed by atoms with Gasteiger partial charge in [-0.05, 0) is 12.2 Å². The zero-order valence-electron chi connectivity index (χ0n) is 6.36. The van der Waals surface area contributed by atoms with Crippen molar-refractivity contribution in [2.75, 3.05) is 7.05 Å². The number of carboxylic acids is 1. The number of amides is 1. The van der Waals surface area contributed by atoms with Crippen LogP contribution in [0.5, 0.6) is 0 Å². The summed E-state index contributed by atoms with van der Waals surface area (Å²) in [5.74, 6) is -1.59. The summed E-state index contributed by atoms with van der Waals surface area (Å²) in [5, 5.41) is 13.0. The summed E-state index contributed by atoms with van der Waals surface area (Å²) in [6.07, 6.45) is -0.344. The monoisotopic (exact) mass is 187 g/mol. The molecule has 1 aliphatic heterocycles. The summed E-state index contributed by atoms with van der Waals surface area (Å²) in [7, 11) is 1.49. The molecule has 1 amide bonds. The molecule has 66 valence electrons. The number of aliphatic carboxylic acids is 1. The van der Waals surface area contributed by atoms with Gasteiger partial charge in [0.15, 0.2) is 5.11 Å². The Morgan fingerprint density at radius 1 is 1.83 bits per heavy atom. The van der Waals surface area contributed by atoms with E-state index in [2.05, 4.69) is 5.32 Å². The number of carbonyl (C=O) groups is 2. The summed E-state index contributed by atoms with van der Waals surface area (Å²) < 4.78 is 0. The molecule has 6 heteroatoms. The fraction of sp³-hybridized carbons (Fsp3) is 0.500. The van der Waals surface area contributed by atoms with E-state index in [1.165, 1.54) is 11.9 Å². The van der Waals surface area contributed by atoms with Gasteiger partial charge in [-0.2, -0.15) is 0 Å². The van der Waals surface area contributed by atoms with Crippen molar-refractivity contribution in [2.45, 2.75) is 12.5 Å². The molecular formula is C6H7N2O3S-. The van der Waals surface area contributed by atoms with Crippen molar-refractivity contribution in [2.24, 2.45) is 0 Å². The van der Waals surface area contributed by atoms with Gasteiger partial charge in [-0.3, -0.25) is 9.69 Å². The molecule has 12 heavy (non-hydrogen) atoms. The summed E-state index contributed by atoms with van der Waals surface area (Å²) >= 11 is 4.73. The van der Waals surface area contributed by atoms with E-state index in [9.17, 15) is 14.7 Å². The molecule has 0 radical (unpaired) electrons. The molecule has 1 aliphatic rings. The minimum absolute atomic E-state index is 0.256. The number of thiocarbonyl (C=S) groups is 1. The van der Waals surface area contributed by atoms with Crippen molar-refractivity contribution in [3.05, 3.63) is 0 Å². The maximum atomic E-state index is 11.1. The number of carbonyl (C=O) groups excluding carboxylic acids is 2. The fourth-order valence-corrected chi connectivity index (χ4v) is 1.18. The van der Waals surface area contributed by atoms with Gasteiger partial charge in [0.2, 0.25) is 0 Å². The standard InChI is InChI=1S/C6H8N2O3S/c1-8-5(11)3(2-4(9)10)7-6(8)12/h3H,2H2,1H3,(H,7,12)(H,9,10)/p-1/t3-/m1/s1. The number of nitrogens with zero attached hydrogens (tertiary/aromatic N) is 1. The van der Waals surface area contributed by atoms with Crippen molar-refractivity contribution in [3.8, 4) is 0 Å². The van der Waals surface area contributed by atoms with Crippen LogP contribution in [0.3, 0.4) is 0 Å². The zero-order valence-corrected chi connectivity index (χ0v) is 7.18. The Balaban J connectivity index is 2.65. The first kappa shape index (κ1) is 8.92. The highest BCUT2D eigenvalue weighted by atomic mass is 32.1. The first-order valence-electron chi connectivity index (χ1n) is 3.30. The van der Waals surface area contributed by atoms with Gasteiger partial charge in [0, 0.05) is 19.4 Å². The first-order chi connectivity index (χ1) is 5.52. The van der Waals surface area contributed by atoms with Gasteiger partial charge in [-0.25, -0.2) is 0 Å². The summed E-state index contributed by atoms with van der Waals surface area (Å²) in [5.41, 5.74) is 0. The Morgan fingerprint density at radius 3 is 2.75 bits per heavy atom. The molecule has 1 rings (SSSR count). The molecule has 0 bridgehead atoms.